The molecule has 1 heterocycles. The summed E-state index contributed by atoms with van der Waals surface area (Å²) in [6.07, 6.45) is 9.41. The van der Waals surface area contributed by atoms with Crippen LogP contribution in [0.4, 0.5) is 0 Å². The summed E-state index contributed by atoms with van der Waals surface area (Å²) in [4.78, 5) is 22.6. The van der Waals surface area contributed by atoms with Gasteiger partial charge in [0, 0.05) is 11.5 Å². The Hall–Kier alpha value is -1.55. The van der Waals surface area contributed by atoms with Gasteiger partial charge in [0.05, 0.1) is 5.41 Å². The molecular formula is C21H27NO3. The van der Waals surface area contributed by atoms with Crippen LogP contribution in [0.5, 0.6) is 5.75 Å². The zero-order chi connectivity index (χ0) is 17.1. The summed E-state index contributed by atoms with van der Waals surface area (Å²) in [5.74, 6) is 1.18. The molecule has 0 aromatic heterocycles. The normalized spacial score (nSPS) is 34.4. The second-order valence-electron chi connectivity index (χ2n) is 8.86. The van der Waals surface area contributed by atoms with Crippen molar-refractivity contribution in [3.8, 4) is 5.75 Å². The van der Waals surface area contributed by atoms with Gasteiger partial charge in [0.25, 0.3) is 0 Å². The fraction of sp³-hybridized carbons (Fsp3) is 0.667. The molecule has 0 spiro atoms. The molecule has 4 aliphatic rings. The van der Waals surface area contributed by atoms with Crippen LogP contribution in [-0.2, 0) is 21.5 Å². The van der Waals surface area contributed by atoms with Gasteiger partial charge in [-0.1, -0.05) is 18.9 Å². The van der Waals surface area contributed by atoms with Crippen LogP contribution in [0.2, 0.25) is 0 Å². The van der Waals surface area contributed by atoms with Gasteiger partial charge in [-0.2, -0.15) is 0 Å². The Balaban J connectivity index is 1.43. The van der Waals surface area contributed by atoms with E-state index < -0.39 is 0 Å². The van der Waals surface area contributed by atoms with Crippen LogP contribution in [0, 0.1) is 11.3 Å². The van der Waals surface area contributed by atoms with Crippen LogP contribution in [0.3, 0.4) is 0 Å². The summed E-state index contributed by atoms with van der Waals surface area (Å²) in [6.45, 7) is 3.05. The Morgan fingerprint density at radius 1 is 1.20 bits per heavy atom. The molecule has 0 unspecified atom stereocenters. The molecule has 3 aliphatic carbocycles. The Kier molecular flexibility index (Phi) is 3.43. The molecule has 5 rings (SSSR count). The number of hydrogen-bond donors (Lipinski definition) is 1. The third kappa shape index (κ3) is 2.41. The number of rotatable bonds is 3. The van der Waals surface area contributed by atoms with Gasteiger partial charge in [-0.3, -0.25) is 4.89 Å². The molecule has 1 aromatic rings. The van der Waals surface area contributed by atoms with Crippen LogP contribution >= 0.6 is 0 Å². The number of benzene rings is 1. The molecule has 1 aliphatic heterocycles. The van der Waals surface area contributed by atoms with Gasteiger partial charge in [0.2, 0.25) is 0 Å². The lowest BCUT2D eigenvalue weighted by molar-refractivity contribution is -0.219. The highest BCUT2D eigenvalue weighted by molar-refractivity contribution is 5.78. The third-order valence-electron chi connectivity index (χ3n) is 7.33. The van der Waals surface area contributed by atoms with Crippen LogP contribution in [0.25, 0.3) is 0 Å². The van der Waals surface area contributed by atoms with Crippen molar-refractivity contribution in [1.82, 2.24) is 5.32 Å². The molecule has 0 radical (unpaired) electrons. The van der Waals surface area contributed by atoms with E-state index in [1.54, 1.807) is 0 Å². The number of fused-ring (bicyclic) bond motifs is 1. The zero-order valence-electron chi connectivity index (χ0n) is 15.0. The highest BCUT2D eigenvalue weighted by atomic mass is 17.2. The van der Waals surface area contributed by atoms with Gasteiger partial charge in [-0.05, 0) is 81.2 Å². The first-order valence-electron chi connectivity index (χ1n) is 9.87. The first kappa shape index (κ1) is 15.7. The van der Waals surface area contributed by atoms with E-state index in [0.29, 0.717) is 17.2 Å². The van der Waals surface area contributed by atoms with Crippen molar-refractivity contribution in [3.63, 3.8) is 0 Å². The van der Waals surface area contributed by atoms with Crippen molar-refractivity contribution in [1.29, 1.82) is 0 Å². The summed E-state index contributed by atoms with van der Waals surface area (Å²) < 4.78 is 0. The van der Waals surface area contributed by atoms with Crippen molar-refractivity contribution in [3.05, 3.63) is 29.3 Å². The Morgan fingerprint density at radius 3 is 2.92 bits per heavy atom. The second-order valence-corrected chi connectivity index (χ2v) is 8.86. The van der Waals surface area contributed by atoms with Gasteiger partial charge in [0.15, 0.2) is 5.75 Å². The number of hydrogen-bond acceptors (Lipinski definition) is 4. The number of piperidine rings is 1. The lowest BCUT2D eigenvalue weighted by Gasteiger charge is -2.56. The number of nitrogens with one attached hydrogen (secondary N) is 1. The predicted molar refractivity (Wildman–Crippen MR) is 94.3 cm³/mol. The molecule has 25 heavy (non-hydrogen) atoms. The second kappa shape index (κ2) is 5.47. The minimum atomic E-state index is -0.316. The molecule has 2 saturated carbocycles. The van der Waals surface area contributed by atoms with E-state index in [1.165, 1.54) is 43.2 Å². The van der Waals surface area contributed by atoms with Crippen LogP contribution < -0.4 is 10.2 Å². The highest BCUT2D eigenvalue weighted by Crippen LogP contribution is 2.54. The molecule has 0 amide bonds. The molecule has 134 valence electrons. The van der Waals surface area contributed by atoms with E-state index in [4.69, 9.17) is 9.78 Å². The maximum Gasteiger partial charge on any atom is 0.361 e. The van der Waals surface area contributed by atoms with Gasteiger partial charge < -0.3 is 5.32 Å². The molecule has 3 fully saturated rings. The third-order valence-corrected chi connectivity index (χ3v) is 7.33. The monoisotopic (exact) mass is 341 g/mol. The smallest absolute Gasteiger partial charge is 0.313 e. The average Bonchev–Trinajstić information content (AvgIpc) is 3.39. The first-order chi connectivity index (χ1) is 12.1. The minimum Gasteiger partial charge on any atom is -0.313 e. The van der Waals surface area contributed by atoms with Gasteiger partial charge in [-0.15, -0.1) is 0 Å². The van der Waals surface area contributed by atoms with Crippen LogP contribution in [0.1, 0.15) is 63.0 Å². The maximum atomic E-state index is 12.0. The molecule has 1 N–H and O–H groups in total. The molecular weight excluding hydrogens is 314 g/mol. The lowest BCUT2D eigenvalue weighted by Crippen LogP contribution is -2.59. The largest absolute Gasteiger partial charge is 0.361 e. The number of carbonyl (C=O) groups is 1. The SMILES string of the molecule is CC1(C(=O)OOc2ccc3c(c2)[C@@]24CCCC[C@H]2[C@@H](C3)NCC4)CC1. The Bertz CT molecular complexity index is 707. The summed E-state index contributed by atoms with van der Waals surface area (Å²) in [6, 6.07) is 6.93. The Labute approximate surface area is 149 Å². The molecule has 4 nitrogen and oxygen atoms in total. The molecule has 4 heteroatoms. The highest BCUT2D eigenvalue weighted by Gasteiger charge is 2.51. The van der Waals surface area contributed by atoms with Gasteiger partial charge in [-0.25, -0.2) is 9.68 Å². The fourth-order valence-electron chi connectivity index (χ4n) is 5.53. The summed E-state index contributed by atoms with van der Waals surface area (Å²) in [7, 11) is 0. The molecule has 3 atom stereocenters. The van der Waals surface area contributed by atoms with E-state index >= 15 is 0 Å². The zero-order valence-corrected chi connectivity index (χ0v) is 15.0. The summed E-state index contributed by atoms with van der Waals surface area (Å²) in [5.41, 5.74) is 2.89. The summed E-state index contributed by atoms with van der Waals surface area (Å²) >= 11 is 0. The van der Waals surface area contributed by atoms with E-state index in [9.17, 15) is 4.79 Å². The van der Waals surface area contributed by atoms with Crippen molar-refractivity contribution in [2.24, 2.45) is 11.3 Å². The average molecular weight is 341 g/mol. The van der Waals surface area contributed by atoms with Crippen molar-refractivity contribution >= 4 is 5.97 Å². The van der Waals surface area contributed by atoms with Crippen molar-refractivity contribution in [2.75, 3.05) is 6.54 Å². The topological polar surface area (TPSA) is 47.6 Å². The van der Waals surface area contributed by atoms with Crippen molar-refractivity contribution < 1.29 is 14.6 Å². The summed E-state index contributed by atoms with van der Waals surface area (Å²) in [5, 5.41) is 3.76. The van der Waals surface area contributed by atoms with Gasteiger partial charge >= 0.3 is 5.97 Å². The first-order valence-corrected chi connectivity index (χ1v) is 9.87. The lowest BCUT2D eigenvalue weighted by atomic mass is 9.53. The van der Waals surface area contributed by atoms with Gasteiger partial charge in [0.1, 0.15) is 0 Å². The molecule has 1 saturated heterocycles. The standard InChI is InChI=1S/C21H27NO3/c1-20(8-9-20)19(23)25-24-15-6-5-14-12-18-16-4-2-3-7-21(16,10-11-22-18)17(14)13-15/h5-6,13,16,18,22H,2-4,7-12H2,1H3/t16-,18+,21+/m0/s1. The Morgan fingerprint density at radius 2 is 2.08 bits per heavy atom. The van der Waals surface area contributed by atoms with Crippen LogP contribution in [0.15, 0.2) is 18.2 Å². The molecule has 1 aromatic carbocycles. The minimum absolute atomic E-state index is 0.235. The van der Waals surface area contributed by atoms with Crippen LogP contribution in [-0.4, -0.2) is 18.6 Å². The fourth-order valence-corrected chi connectivity index (χ4v) is 5.53. The quantitative estimate of drug-likeness (QED) is 0.673. The number of carbonyl (C=O) groups excluding carboxylic acids is 1. The van der Waals surface area contributed by atoms with Crippen molar-refractivity contribution in [2.45, 2.75) is 69.7 Å². The van der Waals surface area contributed by atoms with E-state index in [0.717, 1.165) is 31.7 Å². The molecule has 2 bridgehead atoms. The van der Waals surface area contributed by atoms with E-state index in [-0.39, 0.29) is 11.4 Å². The predicted octanol–water partition coefficient (Wildman–Crippen LogP) is 3.67. The maximum absolute atomic E-state index is 12.0. The van der Waals surface area contributed by atoms with E-state index in [2.05, 4.69) is 17.4 Å². The van der Waals surface area contributed by atoms with E-state index in [1.807, 2.05) is 13.0 Å².